The van der Waals surface area contributed by atoms with Crippen LogP contribution >= 0.6 is 0 Å². The van der Waals surface area contributed by atoms with Crippen molar-refractivity contribution in [3.8, 4) is 0 Å². The van der Waals surface area contributed by atoms with Crippen LogP contribution in [0.2, 0.25) is 18.6 Å². The van der Waals surface area contributed by atoms with E-state index in [-0.39, 0.29) is 48.7 Å². The van der Waals surface area contributed by atoms with Gasteiger partial charge in [-0.25, -0.2) is 0 Å². The van der Waals surface area contributed by atoms with Crippen LogP contribution < -0.4 is 16.0 Å². The number of fused-ring (bicyclic) bond motifs is 2. The van der Waals surface area contributed by atoms with Gasteiger partial charge in [0.05, 0.1) is 42.3 Å². The maximum atomic E-state index is 16.2. The highest BCUT2D eigenvalue weighted by atomic mass is 28.4. The third-order valence-corrected chi connectivity index (χ3v) is 12.6. The summed E-state index contributed by atoms with van der Waals surface area (Å²) < 4.78 is 22.9. The van der Waals surface area contributed by atoms with Crippen molar-refractivity contribution in [3.05, 3.63) is 93.5 Å². The van der Waals surface area contributed by atoms with E-state index in [1.165, 1.54) is 36.2 Å². The minimum atomic E-state index is -3.60. The molecule has 3 heterocycles. The average molecular weight is 690 g/mol. The van der Waals surface area contributed by atoms with Gasteiger partial charge in [0, 0.05) is 52.6 Å². The van der Waals surface area contributed by atoms with Gasteiger partial charge in [-0.15, -0.1) is 0 Å². The molecule has 3 amide bonds. The fourth-order valence-electron chi connectivity index (χ4n) is 7.86. The largest absolute Gasteiger partial charge is 0.399 e. The van der Waals surface area contributed by atoms with Crippen molar-refractivity contribution in [1.82, 2.24) is 4.90 Å². The third-order valence-electron chi connectivity index (χ3n) is 10.2. The standard InChI is InChI=1S/C35H40FN5O7Si/c1-21-32(49(2,3)36)30(18-31(43)39-16-4-5-27(39)20-42)48-35(21)28-17-26(41(46)47)14-15-29(28)40(34(35)45)19-22-6-12-25(13-7-22)38-33(44)23-8-10-24(37)11-9-23/h6-15,17,21,27,30,32,42H,4-5,16,18-20,37H2,1-3H3,(H,38,44)/t21-,27-,30+,32-,35+/m0/s1. The van der Waals surface area contributed by atoms with E-state index in [1.54, 1.807) is 60.4 Å². The van der Waals surface area contributed by atoms with Crippen LogP contribution in [0.15, 0.2) is 66.7 Å². The molecule has 3 aromatic carbocycles. The van der Waals surface area contributed by atoms with Crippen molar-refractivity contribution < 1.29 is 33.3 Å². The number of nitrogens with two attached hydrogens (primary N) is 1. The summed E-state index contributed by atoms with van der Waals surface area (Å²) in [5.74, 6) is -1.82. The number of rotatable bonds is 9. The first-order chi connectivity index (χ1) is 23.2. The molecule has 0 aromatic heterocycles. The van der Waals surface area contributed by atoms with Gasteiger partial charge in [0.15, 0.2) is 5.60 Å². The molecule has 3 aliphatic heterocycles. The van der Waals surface area contributed by atoms with Gasteiger partial charge in [0.1, 0.15) is 0 Å². The van der Waals surface area contributed by atoms with Gasteiger partial charge in [0.25, 0.3) is 17.5 Å². The third kappa shape index (κ3) is 6.19. The molecule has 0 saturated carbocycles. The van der Waals surface area contributed by atoms with Crippen molar-refractivity contribution in [1.29, 1.82) is 0 Å². The molecule has 12 nitrogen and oxygen atoms in total. The quantitative estimate of drug-likeness (QED) is 0.0914. The van der Waals surface area contributed by atoms with Gasteiger partial charge in [0.2, 0.25) is 14.3 Å². The van der Waals surface area contributed by atoms with Crippen LogP contribution in [0.5, 0.6) is 0 Å². The zero-order valence-electron chi connectivity index (χ0n) is 27.6. The van der Waals surface area contributed by atoms with Gasteiger partial charge >= 0.3 is 0 Å². The molecule has 5 atom stereocenters. The summed E-state index contributed by atoms with van der Waals surface area (Å²) in [7, 11) is -3.60. The summed E-state index contributed by atoms with van der Waals surface area (Å²) in [5, 5.41) is 24.5. The Labute approximate surface area is 284 Å². The highest BCUT2D eigenvalue weighted by Gasteiger charge is 2.67. The lowest BCUT2D eigenvalue weighted by molar-refractivity contribution is -0.385. The van der Waals surface area contributed by atoms with Crippen LogP contribution in [0.3, 0.4) is 0 Å². The minimum absolute atomic E-state index is 0.0737. The fraction of sp³-hybridized carbons (Fsp3) is 0.400. The number of nitro groups is 1. The summed E-state index contributed by atoms with van der Waals surface area (Å²) in [4.78, 5) is 55.3. The van der Waals surface area contributed by atoms with E-state index in [4.69, 9.17) is 10.5 Å². The maximum absolute atomic E-state index is 16.2. The number of nitrogens with one attached hydrogen (secondary N) is 1. The van der Waals surface area contributed by atoms with E-state index in [0.717, 1.165) is 6.42 Å². The molecule has 0 aliphatic carbocycles. The number of ether oxygens (including phenoxy) is 1. The monoisotopic (exact) mass is 689 g/mol. The smallest absolute Gasteiger partial charge is 0.269 e. The number of benzene rings is 3. The number of hydrogen-bond acceptors (Lipinski definition) is 8. The lowest BCUT2D eigenvalue weighted by Crippen LogP contribution is -2.45. The van der Waals surface area contributed by atoms with E-state index < -0.39 is 42.4 Å². The van der Waals surface area contributed by atoms with Crippen LogP contribution in [0.1, 0.15) is 47.7 Å². The summed E-state index contributed by atoms with van der Waals surface area (Å²) in [6.45, 7) is 5.16. The molecule has 6 rings (SSSR count). The number of non-ortho nitro benzene ring substituents is 1. The summed E-state index contributed by atoms with van der Waals surface area (Å²) in [5.41, 5.74) is 5.87. The Bertz CT molecular complexity index is 1780. The summed E-state index contributed by atoms with van der Waals surface area (Å²) >= 11 is 0. The molecule has 0 radical (unpaired) electrons. The van der Waals surface area contributed by atoms with E-state index in [0.29, 0.717) is 41.2 Å². The van der Waals surface area contributed by atoms with Crippen molar-refractivity contribution in [3.63, 3.8) is 0 Å². The highest BCUT2D eigenvalue weighted by Crippen LogP contribution is 2.60. The lowest BCUT2D eigenvalue weighted by atomic mass is 9.82. The Morgan fingerprint density at radius 3 is 2.47 bits per heavy atom. The second-order valence-electron chi connectivity index (χ2n) is 13.7. The van der Waals surface area contributed by atoms with Crippen LogP contribution in [0, 0.1) is 16.0 Å². The molecule has 2 fully saturated rings. The molecule has 2 saturated heterocycles. The number of hydrogen-bond donors (Lipinski definition) is 3. The first-order valence-electron chi connectivity index (χ1n) is 16.4. The number of carbonyl (C=O) groups is 3. The van der Waals surface area contributed by atoms with Crippen molar-refractivity contribution in [2.24, 2.45) is 5.92 Å². The molecular weight excluding hydrogens is 649 g/mol. The molecule has 3 aromatic rings. The maximum Gasteiger partial charge on any atom is 0.269 e. The van der Waals surface area contributed by atoms with Crippen molar-refractivity contribution in [2.45, 2.75) is 69.1 Å². The van der Waals surface area contributed by atoms with Crippen LogP contribution in [-0.2, 0) is 26.5 Å². The Morgan fingerprint density at radius 2 is 1.84 bits per heavy atom. The molecular formula is C35H40FN5O7Si. The molecule has 4 N–H and O–H groups in total. The Kier molecular flexibility index (Phi) is 9.07. The van der Waals surface area contributed by atoms with Crippen LogP contribution in [0.4, 0.5) is 26.9 Å². The van der Waals surface area contributed by atoms with Gasteiger partial charge in [-0.05, 0) is 74.0 Å². The SMILES string of the molecule is C[C@H]1[C@H]([Si](C)(C)F)[C@@H](CC(=O)N2CCC[C@H]2CO)O[C@]12C(=O)N(Cc1ccc(NC(=O)c3ccc(N)cc3)cc1)c1ccc([N+](=O)[O-])cc12. The first-order valence-corrected chi connectivity index (χ1v) is 19.3. The molecule has 49 heavy (non-hydrogen) atoms. The zero-order valence-corrected chi connectivity index (χ0v) is 28.6. The highest BCUT2D eigenvalue weighted by molar-refractivity contribution is 6.72. The second kappa shape index (κ2) is 13.0. The van der Waals surface area contributed by atoms with Gasteiger partial charge in [-0.3, -0.25) is 24.5 Å². The number of amides is 3. The normalized spacial score (nSPS) is 24.8. The predicted octanol–water partition coefficient (Wildman–Crippen LogP) is 5.12. The number of halogens is 1. The number of nitro benzene ring substituents is 1. The number of carbonyl (C=O) groups excluding carboxylic acids is 3. The number of nitrogen functional groups attached to an aromatic ring is 1. The lowest BCUT2D eigenvalue weighted by Gasteiger charge is -2.31. The topological polar surface area (TPSA) is 168 Å². The van der Waals surface area contributed by atoms with Gasteiger partial charge in [-0.2, -0.15) is 0 Å². The van der Waals surface area contributed by atoms with E-state index in [2.05, 4.69) is 5.32 Å². The number of likely N-dealkylation sites (tertiary alicyclic amines) is 1. The van der Waals surface area contributed by atoms with Gasteiger partial charge in [-0.1, -0.05) is 19.1 Å². The predicted molar refractivity (Wildman–Crippen MR) is 184 cm³/mol. The minimum Gasteiger partial charge on any atom is -0.399 e. The Morgan fingerprint density at radius 1 is 1.14 bits per heavy atom. The Balaban J connectivity index is 1.31. The van der Waals surface area contributed by atoms with E-state index in [9.17, 15) is 29.6 Å². The van der Waals surface area contributed by atoms with E-state index >= 15 is 4.11 Å². The van der Waals surface area contributed by atoms with Crippen molar-refractivity contribution >= 4 is 48.9 Å². The number of nitrogens with zero attached hydrogens (tertiary/aromatic N) is 3. The van der Waals surface area contributed by atoms with Gasteiger partial charge < -0.3 is 34.8 Å². The average Bonchev–Trinajstić information content (AvgIpc) is 3.72. The molecule has 258 valence electrons. The van der Waals surface area contributed by atoms with E-state index in [1.807, 2.05) is 0 Å². The second-order valence-corrected chi connectivity index (χ2v) is 17.5. The number of aliphatic hydroxyl groups is 1. The first kappa shape index (κ1) is 34.2. The van der Waals surface area contributed by atoms with Crippen LogP contribution in [-0.4, -0.2) is 66.4 Å². The zero-order chi connectivity index (χ0) is 35.2. The molecule has 1 spiro atoms. The number of aliphatic hydroxyl groups excluding tert-OH is 1. The summed E-state index contributed by atoms with van der Waals surface area (Å²) in [6.07, 6.45) is 0.292. The fourth-order valence-corrected chi connectivity index (χ4v) is 10.4. The molecule has 14 heteroatoms. The molecule has 3 aliphatic rings. The Hall–Kier alpha value is -4.66. The molecule has 0 bridgehead atoms. The molecule has 0 unspecified atom stereocenters. The van der Waals surface area contributed by atoms with Crippen molar-refractivity contribution in [2.75, 3.05) is 29.1 Å². The summed E-state index contributed by atoms with van der Waals surface area (Å²) in [6, 6.07) is 17.3. The number of anilines is 3. The van der Waals surface area contributed by atoms with Crippen LogP contribution in [0.25, 0.3) is 0 Å².